The summed E-state index contributed by atoms with van der Waals surface area (Å²) in [5.74, 6) is 0.594. The normalized spacial score (nSPS) is 22.9. The number of benzene rings is 1. The quantitative estimate of drug-likeness (QED) is 0.788. The average Bonchev–Trinajstić information content (AvgIpc) is 3.00. The Bertz CT molecular complexity index is 1030. The van der Waals surface area contributed by atoms with Crippen molar-refractivity contribution < 1.29 is 8.42 Å². The van der Waals surface area contributed by atoms with Gasteiger partial charge >= 0.3 is 0 Å². The predicted octanol–water partition coefficient (Wildman–Crippen LogP) is 2.03. The topological polar surface area (TPSA) is 77.3 Å². The van der Waals surface area contributed by atoms with Crippen LogP contribution < -0.4 is 4.90 Å². The summed E-state index contributed by atoms with van der Waals surface area (Å²) in [6, 6.07) is 6.68. The predicted molar refractivity (Wildman–Crippen MR) is 107 cm³/mol. The van der Waals surface area contributed by atoms with Gasteiger partial charge in [-0.25, -0.2) is 8.42 Å². The standard InChI is InChI=1S/C20H24N4O2S/c1-14-9-15(2)19-18(10-14)20(16(11-21)12-22-19)24-6-4-23(5-7-24)17-3-8-27(25,26)13-17/h9-10,12,17H,3-8,13H2,1-2H3. The van der Waals surface area contributed by atoms with E-state index in [9.17, 15) is 13.7 Å². The maximum atomic E-state index is 11.8. The molecule has 0 amide bonds. The number of hydrogen-bond acceptors (Lipinski definition) is 6. The highest BCUT2D eigenvalue weighted by Gasteiger charge is 2.34. The van der Waals surface area contributed by atoms with Crippen LogP contribution in [0.4, 0.5) is 5.69 Å². The minimum Gasteiger partial charge on any atom is -0.367 e. The second-order valence-corrected chi connectivity index (χ2v) is 9.92. The molecule has 7 heteroatoms. The third kappa shape index (κ3) is 3.40. The molecule has 6 nitrogen and oxygen atoms in total. The van der Waals surface area contributed by atoms with Gasteiger partial charge in [0, 0.05) is 43.8 Å². The molecule has 2 aliphatic rings. The van der Waals surface area contributed by atoms with Crippen LogP contribution in [0.25, 0.3) is 10.9 Å². The lowest BCUT2D eigenvalue weighted by Crippen LogP contribution is -2.51. The van der Waals surface area contributed by atoms with Gasteiger partial charge in [-0.15, -0.1) is 0 Å². The van der Waals surface area contributed by atoms with Crippen LogP contribution in [0, 0.1) is 25.2 Å². The number of nitrogens with zero attached hydrogens (tertiary/aromatic N) is 4. The Balaban J connectivity index is 1.63. The van der Waals surface area contributed by atoms with Gasteiger partial charge in [-0.1, -0.05) is 11.6 Å². The summed E-state index contributed by atoms with van der Waals surface area (Å²) in [5, 5.41) is 10.7. The number of pyridine rings is 1. The smallest absolute Gasteiger partial charge is 0.151 e. The van der Waals surface area contributed by atoms with Crippen LogP contribution in [0.5, 0.6) is 0 Å². The maximum absolute atomic E-state index is 11.8. The Morgan fingerprint density at radius 3 is 2.56 bits per heavy atom. The minimum absolute atomic E-state index is 0.145. The molecule has 1 atom stereocenters. The molecule has 0 bridgehead atoms. The molecule has 27 heavy (non-hydrogen) atoms. The van der Waals surface area contributed by atoms with Gasteiger partial charge in [0.15, 0.2) is 9.84 Å². The molecule has 0 N–H and O–H groups in total. The number of anilines is 1. The van der Waals surface area contributed by atoms with Crippen LogP contribution in [0.15, 0.2) is 18.3 Å². The molecule has 1 aromatic carbocycles. The number of hydrogen-bond donors (Lipinski definition) is 0. The van der Waals surface area contributed by atoms with Crippen LogP contribution in [-0.4, -0.2) is 62.0 Å². The Kier molecular flexibility index (Phi) is 4.57. The summed E-state index contributed by atoms with van der Waals surface area (Å²) in [7, 11) is -2.87. The van der Waals surface area contributed by atoms with E-state index in [1.165, 1.54) is 0 Å². The second kappa shape index (κ2) is 6.77. The SMILES string of the molecule is Cc1cc(C)c2ncc(C#N)c(N3CCN(C4CCS(=O)(=O)C4)CC3)c2c1. The maximum Gasteiger partial charge on any atom is 0.151 e. The molecule has 3 heterocycles. The number of piperazine rings is 1. The van der Waals surface area contributed by atoms with Crippen LogP contribution in [0.2, 0.25) is 0 Å². The van der Waals surface area contributed by atoms with Crippen molar-refractivity contribution in [3.8, 4) is 6.07 Å². The fourth-order valence-electron chi connectivity index (χ4n) is 4.44. The number of fused-ring (bicyclic) bond motifs is 1. The van der Waals surface area contributed by atoms with E-state index < -0.39 is 9.84 Å². The molecule has 1 aromatic heterocycles. The Morgan fingerprint density at radius 1 is 1.19 bits per heavy atom. The van der Waals surface area contributed by atoms with Gasteiger partial charge in [0.1, 0.15) is 6.07 Å². The van der Waals surface area contributed by atoms with Crippen molar-refractivity contribution in [3.05, 3.63) is 35.0 Å². The van der Waals surface area contributed by atoms with Crippen molar-refractivity contribution >= 4 is 26.4 Å². The lowest BCUT2D eigenvalue weighted by Gasteiger charge is -2.39. The van der Waals surface area contributed by atoms with Crippen molar-refractivity contribution in [1.82, 2.24) is 9.88 Å². The Hall–Kier alpha value is -2.17. The van der Waals surface area contributed by atoms with Gasteiger partial charge in [0.2, 0.25) is 0 Å². The zero-order valence-corrected chi connectivity index (χ0v) is 16.6. The number of nitriles is 1. The van der Waals surface area contributed by atoms with E-state index in [4.69, 9.17) is 0 Å². The molecular formula is C20H24N4O2S. The highest BCUT2D eigenvalue weighted by atomic mass is 32.2. The summed E-state index contributed by atoms with van der Waals surface area (Å²) in [4.78, 5) is 9.08. The van der Waals surface area contributed by atoms with Crippen molar-refractivity contribution in [3.63, 3.8) is 0 Å². The minimum atomic E-state index is -2.87. The van der Waals surface area contributed by atoms with Gasteiger partial charge in [0.05, 0.1) is 28.3 Å². The molecule has 1 unspecified atom stereocenters. The fourth-order valence-corrected chi connectivity index (χ4v) is 6.21. The first-order valence-electron chi connectivity index (χ1n) is 9.37. The Morgan fingerprint density at radius 2 is 1.93 bits per heavy atom. The lowest BCUT2D eigenvalue weighted by molar-refractivity contribution is 0.200. The van der Waals surface area contributed by atoms with E-state index in [0.29, 0.717) is 11.3 Å². The molecule has 0 radical (unpaired) electrons. The van der Waals surface area contributed by atoms with Gasteiger partial charge in [-0.05, 0) is 31.9 Å². The molecule has 2 saturated heterocycles. The summed E-state index contributed by atoms with van der Waals surface area (Å²) < 4.78 is 23.6. The number of aryl methyl sites for hydroxylation is 2. The number of aromatic nitrogens is 1. The van der Waals surface area contributed by atoms with Crippen LogP contribution in [0.1, 0.15) is 23.1 Å². The zero-order valence-electron chi connectivity index (χ0n) is 15.8. The molecule has 2 aliphatic heterocycles. The van der Waals surface area contributed by atoms with Crippen molar-refractivity contribution in [1.29, 1.82) is 5.26 Å². The molecule has 2 fully saturated rings. The molecule has 2 aromatic rings. The third-order valence-electron chi connectivity index (χ3n) is 5.75. The van der Waals surface area contributed by atoms with Crippen molar-refractivity contribution in [2.45, 2.75) is 26.3 Å². The van der Waals surface area contributed by atoms with Gasteiger partial charge in [0.25, 0.3) is 0 Å². The van der Waals surface area contributed by atoms with Crippen molar-refractivity contribution in [2.24, 2.45) is 0 Å². The molecule has 0 saturated carbocycles. The summed E-state index contributed by atoms with van der Waals surface area (Å²) in [5.41, 5.74) is 4.79. The number of sulfone groups is 1. The second-order valence-electron chi connectivity index (χ2n) is 7.69. The van der Waals surface area contributed by atoms with Gasteiger partial charge in [-0.3, -0.25) is 9.88 Å². The molecule has 142 valence electrons. The van der Waals surface area contributed by atoms with E-state index in [1.54, 1.807) is 6.20 Å². The first-order chi connectivity index (χ1) is 12.9. The molecule has 4 rings (SSSR count). The zero-order chi connectivity index (χ0) is 19.2. The van der Waals surface area contributed by atoms with Crippen molar-refractivity contribution in [2.75, 3.05) is 42.6 Å². The van der Waals surface area contributed by atoms with Gasteiger partial charge in [-0.2, -0.15) is 5.26 Å². The van der Waals surface area contributed by atoms with E-state index in [-0.39, 0.29) is 11.8 Å². The van der Waals surface area contributed by atoms with Gasteiger partial charge < -0.3 is 4.90 Å². The van der Waals surface area contributed by atoms with E-state index >= 15 is 0 Å². The van der Waals surface area contributed by atoms with Crippen LogP contribution in [-0.2, 0) is 9.84 Å². The Labute approximate surface area is 160 Å². The van der Waals surface area contributed by atoms with Crippen LogP contribution in [0.3, 0.4) is 0 Å². The van der Waals surface area contributed by atoms with Crippen LogP contribution >= 0.6 is 0 Å². The first kappa shape index (κ1) is 18.2. The fraction of sp³-hybridized carbons (Fsp3) is 0.500. The summed E-state index contributed by atoms with van der Waals surface area (Å²) >= 11 is 0. The highest BCUT2D eigenvalue weighted by Crippen LogP contribution is 2.33. The summed E-state index contributed by atoms with van der Waals surface area (Å²) in [6.45, 7) is 7.33. The van der Waals surface area contributed by atoms with E-state index in [1.807, 2.05) is 0 Å². The first-order valence-corrected chi connectivity index (χ1v) is 11.2. The summed E-state index contributed by atoms with van der Waals surface area (Å²) in [6.07, 6.45) is 2.41. The highest BCUT2D eigenvalue weighted by molar-refractivity contribution is 7.91. The lowest BCUT2D eigenvalue weighted by atomic mass is 10.0. The molecule has 0 aliphatic carbocycles. The number of rotatable bonds is 2. The van der Waals surface area contributed by atoms with E-state index in [0.717, 1.165) is 60.3 Å². The monoisotopic (exact) mass is 384 g/mol. The molecule has 0 spiro atoms. The average molecular weight is 385 g/mol. The van der Waals surface area contributed by atoms with E-state index in [2.05, 4.69) is 46.8 Å². The largest absolute Gasteiger partial charge is 0.367 e. The molecular weight excluding hydrogens is 360 g/mol. The third-order valence-corrected chi connectivity index (χ3v) is 7.50.